The maximum absolute atomic E-state index is 11.7. The number of rotatable bonds is 1. The highest BCUT2D eigenvalue weighted by Crippen LogP contribution is 2.32. The second-order valence-electron chi connectivity index (χ2n) is 3.74. The van der Waals surface area contributed by atoms with Crippen molar-refractivity contribution in [3.8, 4) is 5.75 Å². The van der Waals surface area contributed by atoms with Crippen LogP contribution in [0.1, 0.15) is 18.9 Å². The first-order chi connectivity index (χ1) is 6.64. The van der Waals surface area contributed by atoms with Crippen LogP contribution in [0.15, 0.2) is 24.3 Å². The molecular weight excluding hydrogens is 214 g/mol. The van der Waals surface area contributed by atoms with Crippen molar-refractivity contribution >= 4 is 18.2 Å². The molecule has 1 atom stereocenters. The summed E-state index contributed by atoms with van der Waals surface area (Å²) in [6.07, 6.45) is 0.533. The lowest BCUT2D eigenvalue weighted by molar-refractivity contribution is -0.122. The van der Waals surface area contributed by atoms with Crippen LogP contribution in [0.3, 0.4) is 0 Å². The Balaban J connectivity index is 0.00000112. The Morgan fingerprint density at radius 2 is 2.07 bits per heavy atom. The molecule has 15 heavy (non-hydrogen) atoms. The van der Waals surface area contributed by atoms with Crippen molar-refractivity contribution in [2.75, 3.05) is 6.54 Å². The molecule has 1 saturated heterocycles. The quantitative estimate of drug-likeness (QED) is 0.766. The van der Waals surface area contributed by atoms with Crippen LogP contribution in [0.5, 0.6) is 5.75 Å². The van der Waals surface area contributed by atoms with Crippen molar-refractivity contribution in [2.24, 2.45) is 0 Å². The highest BCUT2D eigenvalue weighted by molar-refractivity contribution is 5.92. The van der Waals surface area contributed by atoms with E-state index in [-0.39, 0.29) is 23.9 Å². The third kappa shape index (κ3) is 1.85. The van der Waals surface area contributed by atoms with Gasteiger partial charge in [0.15, 0.2) is 5.78 Å². The molecular formula is C11H14ClNO2. The lowest BCUT2D eigenvalue weighted by Gasteiger charge is -2.23. The van der Waals surface area contributed by atoms with Crippen LogP contribution in [-0.2, 0) is 10.3 Å². The Hall–Kier alpha value is -1.06. The number of halogens is 1. The molecule has 0 bridgehead atoms. The molecule has 0 amide bonds. The topological polar surface area (TPSA) is 49.3 Å². The summed E-state index contributed by atoms with van der Waals surface area (Å²) < 4.78 is 0. The molecule has 0 radical (unpaired) electrons. The van der Waals surface area contributed by atoms with E-state index in [0.717, 1.165) is 0 Å². The van der Waals surface area contributed by atoms with E-state index in [1.807, 2.05) is 13.0 Å². The number of para-hydroxylation sites is 1. The van der Waals surface area contributed by atoms with Gasteiger partial charge in [0.25, 0.3) is 0 Å². The molecule has 2 N–H and O–H groups in total. The molecule has 0 aromatic heterocycles. The average molecular weight is 228 g/mol. The number of hydrogen-bond acceptors (Lipinski definition) is 3. The van der Waals surface area contributed by atoms with Crippen molar-refractivity contribution in [3.05, 3.63) is 29.8 Å². The van der Waals surface area contributed by atoms with Crippen LogP contribution in [0.4, 0.5) is 0 Å². The highest BCUT2D eigenvalue weighted by atomic mass is 35.5. The van der Waals surface area contributed by atoms with Crippen LogP contribution in [0.25, 0.3) is 0 Å². The number of aromatic hydroxyl groups is 1. The third-order valence-corrected chi connectivity index (χ3v) is 2.83. The number of Topliss-reactive ketones (excluding diaryl/α,β-unsaturated/α-hetero) is 1. The number of benzene rings is 1. The van der Waals surface area contributed by atoms with Gasteiger partial charge >= 0.3 is 0 Å². The van der Waals surface area contributed by atoms with E-state index < -0.39 is 5.54 Å². The third-order valence-electron chi connectivity index (χ3n) is 2.83. The van der Waals surface area contributed by atoms with Gasteiger partial charge in [-0.25, -0.2) is 0 Å². The van der Waals surface area contributed by atoms with Gasteiger partial charge < -0.3 is 10.4 Å². The van der Waals surface area contributed by atoms with Gasteiger partial charge in [0.1, 0.15) is 11.3 Å². The summed E-state index contributed by atoms with van der Waals surface area (Å²) in [6, 6.07) is 6.97. The maximum Gasteiger partial charge on any atom is 0.158 e. The Morgan fingerprint density at radius 1 is 1.40 bits per heavy atom. The van der Waals surface area contributed by atoms with Gasteiger partial charge in [-0.1, -0.05) is 18.2 Å². The highest BCUT2D eigenvalue weighted by Gasteiger charge is 2.40. The number of carbonyl (C=O) groups excluding carboxylic acids is 1. The first-order valence-electron chi connectivity index (χ1n) is 4.71. The van der Waals surface area contributed by atoms with E-state index in [1.54, 1.807) is 18.2 Å². The summed E-state index contributed by atoms with van der Waals surface area (Å²) in [5.74, 6) is 0.316. The minimum absolute atomic E-state index is 0. The lowest BCUT2D eigenvalue weighted by atomic mass is 9.89. The van der Waals surface area contributed by atoms with Crippen molar-refractivity contribution in [2.45, 2.75) is 18.9 Å². The van der Waals surface area contributed by atoms with E-state index in [2.05, 4.69) is 5.32 Å². The predicted octanol–water partition coefficient (Wildman–Crippen LogP) is 1.59. The largest absolute Gasteiger partial charge is 0.508 e. The lowest BCUT2D eigenvalue weighted by Crippen LogP contribution is -2.38. The zero-order valence-corrected chi connectivity index (χ0v) is 9.30. The zero-order valence-electron chi connectivity index (χ0n) is 8.49. The van der Waals surface area contributed by atoms with E-state index in [0.29, 0.717) is 18.5 Å². The van der Waals surface area contributed by atoms with Crippen molar-refractivity contribution < 1.29 is 9.90 Å². The smallest absolute Gasteiger partial charge is 0.158 e. The monoisotopic (exact) mass is 227 g/mol. The molecule has 0 saturated carbocycles. The van der Waals surface area contributed by atoms with Crippen LogP contribution in [0, 0.1) is 0 Å². The molecule has 1 unspecified atom stereocenters. The van der Waals surface area contributed by atoms with Gasteiger partial charge in [-0.2, -0.15) is 0 Å². The first-order valence-corrected chi connectivity index (χ1v) is 4.71. The molecule has 3 nitrogen and oxygen atoms in total. The molecule has 1 heterocycles. The minimum atomic E-state index is -0.703. The van der Waals surface area contributed by atoms with Gasteiger partial charge in [0.05, 0.1) is 0 Å². The second-order valence-corrected chi connectivity index (χ2v) is 3.74. The summed E-state index contributed by atoms with van der Waals surface area (Å²) in [4.78, 5) is 11.7. The Kier molecular flexibility index (Phi) is 3.37. The normalized spacial score (nSPS) is 25.0. The Bertz CT molecular complexity index is 381. The molecule has 82 valence electrons. The second kappa shape index (κ2) is 4.21. The summed E-state index contributed by atoms with van der Waals surface area (Å²) >= 11 is 0. The van der Waals surface area contributed by atoms with Crippen molar-refractivity contribution in [1.29, 1.82) is 0 Å². The molecule has 1 fully saturated rings. The molecule has 2 rings (SSSR count). The summed E-state index contributed by atoms with van der Waals surface area (Å²) in [5, 5.41) is 12.8. The number of carbonyl (C=O) groups is 1. The summed E-state index contributed by atoms with van der Waals surface area (Å²) in [7, 11) is 0. The van der Waals surface area contributed by atoms with Crippen molar-refractivity contribution in [3.63, 3.8) is 0 Å². The average Bonchev–Trinajstić information content (AvgIpc) is 2.49. The molecule has 1 aromatic rings. The zero-order chi connectivity index (χ0) is 10.2. The summed E-state index contributed by atoms with van der Waals surface area (Å²) in [5.41, 5.74) is -0.0341. The molecule has 0 aliphatic carbocycles. The van der Waals surface area contributed by atoms with Gasteiger partial charge in [0.2, 0.25) is 0 Å². The van der Waals surface area contributed by atoms with E-state index in [1.165, 1.54) is 0 Å². The number of hydrogen-bond donors (Lipinski definition) is 2. The van der Waals surface area contributed by atoms with Gasteiger partial charge in [0, 0.05) is 18.5 Å². The van der Waals surface area contributed by atoms with E-state index >= 15 is 0 Å². The van der Waals surface area contributed by atoms with Crippen LogP contribution >= 0.6 is 12.4 Å². The standard InChI is InChI=1S/C11H13NO2.ClH/c1-11(10(14)6-7-12-11)8-4-2-3-5-9(8)13;/h2-5,12-13H,6-7H2,1H3;1H. The predicted molar refractivity (Wildman–Crippen MR) is 60.3 cm³/mol. The first kappa shape index (κ1) is 12.0. The van der Waals surface area contributed by atoms with Gasteiger partial charge in [-0.05, 0) is 13.0 Å². The molecule has 1 aliphatic rings. The molecule has 1 aromatic carbocycles. The number of nitrogens with one attached hydrogen (secondary N) is 1. The van der Waals surface area contributed by atoms with E-state index in [9.17, 15) is 9.90 Å². The fourth-order valence-electron chi connectivity index (χ4n) is 1.92. The van der Waals surface area contributed by atoms with Gasteiger partial charge in [-0.3, -0.25) is 4.79 Å². The van der Waals surface area contributed by atoms with Crippen molar-refractivity contribution in [1.82, 2.24) is 5.32 Å². The SMILES string of the molecule is CC1(c2ccccc2O)NCCC1=O.Cl. The Labute approximate surface area is 94.9 Å². The Morgan fingerprint density at radius 3 is 2.60 bits per heavy atom. The number of phenolic OH excluding ortho intramolecular Hbond substituents is 1. The van der Waals surface area contributed by atoms with Crippen LogP contribution < -0.4 is 5.32 Å². The molecule has 4 heteroatoms. The number of phenols is 1. The summed E-state index contributed by atoms with van der Waals surface area (Å²) in [6.45, 7) is 2.50. The molecule has 1 aliphatic heterocycles. The fraction of sp³-hybridized carbons (Fsp3) is 0.364. The van der Waals surface area contributed by atoms with Crippen LogP contribution in [-0.4, -0.2) is 17.4 Å². The molecule has 0 spiro atoms. The maximum atomic E-state index is 11.7. The van der Waals surface area contributed by atoms with E-state index in [4.69, 9.17) is 0 Å². The number of ketones is 1. The fourth-order valence-corrected chi connectivity index (χ4v) is 1.92. The van der Waals surface area contributed by atoms with Gasteiger partial charge in [-0.15, -0.1) is 12.4 Å². The van der Waals surface area contributed by atoms with Crippen LogP contribution in [0.2, 0.25) is 0 Å². The minimum Gasteiger partial charge on any atom is -0.508 e.